The Morgan fingerprint density at radius 3 is 2.08 bits per heavy atom. The number of hydrogen-bond donors (Lipinski definition) is 1. The standard InChI is InChI=1S/C20H25NO5/c1-22-14-7-6-13(11-15(14)23-2)18-17-12(8-9-21-18)10-16(24-3)19(25-4)20(17)26-5/h6-7,10-11,18,21H,8-9H2,1-5H3. The summed E-state index contributed by atoms with van der Waals surface area (Å²) in [5, 5.41) is 3.57. The molecule has 2 aromatic carbocycles. The summed E-state index contributed by atoms with van der Waals surface area (Å²) < 4.78 is 27.6. The third-order valence-corrected chi connectivity index (χ3v) is 4.73. The van der Waals surface area contributed by atoms with E-state index in [-0.39, 0.29) is 6.04 Å². The van der Waals surface area contributed by atoms with Gasteiger partial charge in [-0.3, -0.25) is 0 Å². The first kappa shape index (κ1) is 18.2. The molecule has 3 rings (SSSR count). The molecule has 0 radical (unpaired) electrons. The zero-order valence-corrected chi connectivity index (χ0v) is 15.8. The summed E-state index contributed by atoms with van der Waals surface area (Å²) in [6.07, 6.45) is 0.885. The number of hydrogen-bond acceptors (Lipinski definition) is 6. The van der Waals surface area contributed by atoms with E-state index in [2.05, 4.69) is 5.32 Å². The van der Waals surface area contributed by atoms with Gasteiger partial charge in [-0.25, -0.2) is 0 Å². The van der Waals surface area contributed by atoms with Crippen LogP contribution < -0.4 is 29.0 Å². The first-order valence-electron chi connectivity index (χ1n) is 8.45. The van der Waals surface area contributed by atoms with Crippen LogP contribution in [-0.4, -0.2) is 42.1 Å². The molecule has 0 aromatic heterocycles. The summed E-state index contributed by atoms with van der Waals surface area (Å²) >= 11 is 0. The van der Waals surface area contributed by atoms with E-state index in [0.717, 1.165) is 24.1 Å². The fourth-order valence-electron chi connectivity index (χ4n) is 3.52. The predicted octanol–water partition coefficient (Wildman–Crippen LogP) is 2.96. The molecule has 0 spiro atoms. The molecule has 6 nitrogen and oxygen atoms in total. The third-order valence-electron chi connectivity index (χ3n) is 4.73. The summed E-state index contributed by atoms with van der Waals surface area (Å²) in [5.74, 6) is 3.36. The minimum Gasteiger partial charge on any atom is -0.493 e. The second kappa shape index (κ2) is 7.74. The molecule has 1 N–H and O–H groups in total. The van der Waals surface area contributed by atoms with Crippen LogP contribution >= 0.6 is 0 Å². The number of nitrogens with one attached hydrogen (secondary N) is 1. The van der Waals surface area contributed by atoms with Crippen molar-refractivity contribution < 1.29 is 23.7 Å². The van der Waals surface area contributed by atoms with Gasteiger partial charge in [0.2, 0.25) is 5.75 Å². The van der Waals surface area contributed by atoms with Crippen LogP contribution in [0.4, 0.5) is 0 Å². The molecule has 0 bridgehead atoms. The molecule has 0 fully saturated rings. The van der Waals surface area contributed by atoms with E-state index >= 15 is 0 Å². The van der Waals surface area contributed by atoms with Gasteiger partial charge in [-0.15, -0.1) is 0 Å². The zero-order chi connectivity index (χ0) is 18.7. The van der Waals surface area contributed by atoms with Crippen molar-refractivity contribution in [3.8, 4) is 28.7 Å². The van der Waals surface area contributed by atoms with Crippen molar-refractivity contribution in [2.24, 2.45) is 0 Å². The van der Waals surface area contributed by atoms with Crippen LogP contribution in [0.1, 0.15) is 22.7 Å². The van der Waals surface area contributed by atoms with Gasteiger partial charge in [-0.2, -0.15) is 0 Å². The first-order valence-corrected chi connectivity index (χ1v) is 8.45. The van der Waals surface area contributed by atoms with Gasteiger partial charge in [0.25, 0.3) is 0 Å². The number of fused-ring (bicyclic) bond motifs is 1. The zero-order valence-electron chi connectivity index (χ0n) is 15.8. The molecule has 1 heterocycles. The van der Waals surface area contributed by atoms with Crippen LogP contribution in [0.25, 0.3) is 0 Å². The molecule has 1 aliphatic rings. The normalized spacial score (nSPS) is 15.8. The maximum Gasteiger partial charge on any atom is 0.203 e. The van der Waals surface area contributed by atoms with E-state index < -0.39 is 0 Å². The Kier molecular flexibility index (Phi) is 5.42. The number of methoxy groups -OCH3 is 5. The van der Waals surface area contributed by atoms with Crippen molar-refractivity contribution >= 4 is 0 Å². The molecule has 140 valence electrons. The molecule has 2 aromatic rings. The highest BCUT2D eigenvalue weighted by Gasteiger charge is 2.30. The summed E-state index contributed by atoms with van der Waals surface area (Å²) in [6, 6.07) is 7.92. The molecule has 0 saturated heterocycles. The van der Waals surface area contributed by atoms with Gasteiger partial charge in [-0.05, 0) is 35.7 Å². The van der Waals surface area contributed by atoms with E-state index in [4.69, 9.17) is 23.7 Å². The van der Waals surface area contributed by atoms with Gasteiger partial charge in [0.15, 0.2) is 23.0 Å². The molecule has 0 saturated carbocycles. The van der Waals surface area contributed by atoms with Crippen LogP contribution in [0.5, 0.6) is 28.7 Å². The maximum absolute atomic E-state index is 5.73. The number of rotatable bonds is 6. The van der Waals surface area contributed by atoms with Gasteiger partial charge in [0.1, 0.15) is 0 Å². The lowest BCUT2D eigenvalue weighted by atomic mass is 9.88. The average Bonchev–Trinajstić information content (AvgIpc) is 2.70. The molecule has 26 heavy (non-hydrogen) atoms. The van der Waals surface area contributed by atoms with Crippen molar-refractivity contribution in [1.82, 2.24) is 5.32 Å². The van der Waals surface area contributed by atoms with Crippen molar-refractivity contribution in [2.45, 2.75) is 12.5 Å². The van der Waals surface area contributed by atoms with Crippen LogP contribution in [0, 0.1) is 0 Å². The Morgan fingerprint density at radius 2 is 1.46 bits per heavy atom. The monoisotopic (exact) mass is 359 g/mol. The Morgan fingerprint density at radius 1 is 0.769 bits per heavy atom. The van der Waals surface area contributed by atoms with Gasteiger partial charge in [0, 0.05) is 12.1 Å². The quantitative estimate of drug-likeness (QED) is 0.856. The highest BCUT2D eigenvalue weighted by atomic mass is 16.5. The predicted molar refractivity (Wildman–Crippen MR) is 99.2 cm³/mol. The highest BCUT2D eigenvalue weighted by molar-refractivity contribution is 5.62. The van der Waals surface area contributed by atoms with E-state index in [0.29, 0.717) is 28.7 Å². The summed E-state index contributed by atoms with van der Waals surface area (Å²) in [6.45, 7) is 0.852. The lowest BCUT2D eigenvalue weighted by Gasteiger charge is -2.31. The Labute approximate surface area is 154 Å². The van der Waals surface area contributed by atoms with Crippen LogP contribution in [0.2, 0.25) is 0 Å². The van der Waals surface area contributed by atoms with Gasteiger partial charge in [0.05, 0.1) is 41.6 Å². The van der Waals surface area contributed by atoms with E-state index in [1.54, 1.807) is 35.5 Å². The molecular formula is C20H25NO5. The number of ether oxygens (including phenoxy) is 5. The minimum absolute atomic E-state index is 0.0479. The average molecular weight is 359 g/mol. The second-order valence-electron chi connectivity index (χ2n) is 5.97. The Bertz CT molecular complexity index is 790. The topological polar surface area (TPSA) is 58.2 Å². The lowest BCUT2D eigenvalue weighted by molar-refractivity contribution is 0.318. The van der Waals surface area contributed by atoms with Crippen molar-refractivity contribution in [3.05, 3.63) is 41.0 Å². The lowest BCUT2D eigenvalue weighted by Crippen LogP contribution is -2.31. The van der Waals surface area contributed by atoms with Crippen molar-refractivity contribution in [2.75, 3.05) is 42.1 Å². The molecule has 0 amide bonds. The van der Waals surface area contributed by atoms with Crippen LogP contribution in [-0.2, 0) is 6.42 Å². The molecule has 1 atom stereocenters. The molecule has 1 unspecified atom stereocenters. The largest absolute Gasteiger partial charge is 0.493 e. The van der Waals surface area contributed by atoms with E-state index in [1.165, 1.54) is 5.56 Å². The molecule has 6 heteroatoms. The van der Waals surface area contributed by atoms with E-state index in [9.17, 15) is 0 Å². The van der Waals surface area contributed by atoms with Crippen LogP contribution in [0.15, 0.2) is 24.3 Å². The summed E-state index contributed by atoms with van der Waals surface area (Å²) in [7, 11) is 8.17. The third kappa shape index (κ3) is 3.01. The molecule has 1 aliphatic heterocycles. The SMILES string of the molecule is COc1ccc(C2NCCc3cc(OC)c(OC)c(OC)c32)cc1OC. The summed E-state index contributed by atoms with van der Waals surface area (Å²) in [5.41, 5.74) is 3.30. The van der Waals surface area contributed by atoms with Crippen LogP contribution in [0.3, 0.4) is 0 Å². The second-order valence-corrected chi connectivity index (χ2v) is 5.97. The maximum atomic E-state index is 5.73. The summed E-state index contributed by atoms with van der Waals surface area (Å²) in [4.78, 5) is 0. The number of benzene rings is 2. The van der Waals surface area contributed by atoms with E-state index in [1.807, 2.05) is 24.3 Å². The molecule has 0 aliphatic carbocycles. The van der Waals surface area contributed by atoms with Crippen molar-refractivity contribution in [3.63, 3.8) is 0 Å². The Hall–Kier alpha value is -2.60. The smallest absolute Gasteiger partial charge is 0.203 e. The van der Waals surface area contributed by atoms with Crippen molar-refractivity contribution in [1.29, 1.82) is 0 Å². The fraction of sp³-hybridized carbons (Fsp3) is 0.400. The van der Waals surface area contributed by atoms with Gasteiger partial charge in [-0.1, -0.05) is 6.07 Å². The molecular weight excluding hydrogens is 334 g/mol. The van der Waals surface area contributed by atoms with Gasteiger partial charge < -0.3 is 29.0 Å². The van der Waals surface area contributed by atoms with Gasteiger partial charge >= 0.3 is 0 Å². The fourth-order valence-corrected chi connectivity index (χ4v) is 3.52. The first-order chi connectivity index (χ1) is 12.7. The Balaban J connectivity index is 2.17. The highest BCUT2D eigenvalue weighted by Crippen LogP contribution is 2.47. The minimum atomic E-state index is -0.0479.